The van der Waals surface area contributed by atoms with Crippen LogP contribution in [0.5, 0.6) is 5.75 Å². The topological polar surface area (TPSA) is 64.8 Å². The van der Waals surface area contributed by atoms with E-state index in [9.17, 15) is 4.79 Å². The number of hydrogen-bond donors (Lipinski definition) is 0. The van der Waals surface area contributed by atoms with Gasteiger partial charge in [0.1, 0.15) is 24.2 Å². The summed E-state index contributed by atoms with van der Waals surface area (Å²) in [5.74, 6) is 1.72. The van der Waals surface area contributed by atoms with Crippen molar-refractivity contribution in [3.8, 4) is 17.1 Å². The van der Waals surface area contributed by atoms with E-state index in [-0.39, 0.29) is 18.6 Å². The highest BCUT2D eigenvalue weighted by Crippen LogP contribution is 2.27. The summed E-state index contributed by atoms with van der Waals surface area (Å²) in [4.78, 5) is 18.8. The minimum atomic E-state index is -0.246. The third-order valence-electron chi connectivity index (χ3n) is 4.78. The number of hydrogen-bond acceptors (Lipinski definition) is 5. The minimum absolute atomic E-state index is 0.0684. The summed E-state index contributed by atoms with van der Waals surface area (Å²) in [6, 6.07) is 15.1. The fraction of sp³-hybridized carbons (Fsp3) is 0.273. The Bertz CT molecular complexity index is 989. The number of rotatable bonds is 5. The first-order valence-electron chi connectivity index (χ1n) is 9.42. The van der Waals surface area contributed by atoms with Crippen molar-refractivity contribution in [2.75, 3.05) is 26.3 Å². The lowest BCUT2D eigenvalue weighted by Gasteiger charge is -2.32. The fourth-order valence-corrected chi connectivity index (χ4v) is 3.45. The molecule has 1 fully saturated rings. The van der Waals surface area contributed by atoms with Crippen LogP contribution >= 0.6 is 11.6 Å². The number of pyridine rings is 1. The van der Waals surface area contributed by atoms with Gasteiger partial charge in [-0.3, -0.25) is 4.79 Å². The molecule has 7 heteroatoms. The smallest absolute Gasteiger partial charge is 0.257 e. The normalized spacial score (nSPS) is 16.6. The Morgan fingerprint density at radius 2 is 2.10 bits per heavy atom. The molecule has 150 valence electrons. The summed E-state index contributed by atoms with van der Waals surface area (Å²) < 4.78 is 17.3. The van der Waals surface area contributed by atoms with Crippen LogP contribution in [-0.2, 0) is 4.74 Å². The molecule has 1 atom stereocenters. The molecule has 0 bridgehead atoms. The van der Waals surface area contributed by atoms with Gasteiger partial charge in [0.15, 0.2) is 10.9 Å². The molecule has 3 heterocycles. The Balaban J connectivity index is 1.42. The Hall–Kier alpha value is -2.83. The van der Waals surface area contributed by atoms with Gasteiger partial charge in [-0.25, -0.2) is 4.98 Å². The first-order valence-corrected chi connectivity index (χ1v) is 9.79. The predicted octanol–water partition coefficient (Wildman–Crippen LogP) is 4.22. The number of carbonyl (C=O) groups excluding carboxylic acids is 1. The fourth-order valence-electron chi connectivity index (χ4n) is 3.28. The maximum Gasteiger partial charge on any atom is 0.257 e. The number of ether oxygens (including phenoxy) is 2. The number of benzene rings is 1. The van der Waals surface area contributed by atoms with Crippen molar-refractivity contribution in [3.05, 3.63) is 71.2 Å². The average molecular weight is 413 g/mol. The van der Waals surface area contributed by atoms with Gasteiger partial charge >= 0.3 is 0 Å². The van der Waals surface area contributed by atoms with Crippen molar-refractivity contribution in [3.63, 3.8) is 0 Å². The van der Waals surface area contributed by atoms with Crippen LogP contribution in [0.1, 0.15) is 16.1 Å². The Kier molecular flexibility index (Phi) is 5.83. The molecule has 1 aliphatic heterocycles. The van der Waals surface area contributed by atoms with Crippen molar-refractivity contribution in [1.82, 2.24) is 9.88 Å². The molecule has 6 nitrogen and oxygen atoms in total. The number of halogens is 1. The van der Waals surface area contributed by atoms with E-state index in [0.717, 1.165) is 5.56 Å². The second-order valence-electron chi connectivity index (χ2n) is 6.79. The summed E-state index contributed by atoms with van der Waals surface area (Å²) in [5.41, 5.74) is 1.51. The summed E-state index contributed by atoms with van der Waals surface area (Å²) in [6.45, 7) is 3.50. The van der Waals surface area contributed by atoms with Crippen molar-refractivity contribution in [2.45, 2.75) is 13.0 Å². The van der Waals surface area contributed by atoms with Gasteiger partial charge in [0.25, 0.3) is 5.91 Å². The monoisotopic (exact) mass is 412 g/mol. The SMILES string of the molecule is Cc1oc(-c2ccccc2)cc1C(=O)N1CCOC(COc2cccnc2Cl)C1. The summed E-state index contributed by atoms with van der Waals surface area (Å²) in [7, 11) is 0. The molecule has 1 amide bonds. The lowest BCUT2D eigenvalue weighted by Crippen LogP contribution is -2.47. The molecule has 1 unspecified atom stereocenters. The maximum atomic E-state index is 13.1. The van der Waals surface area contributed by atoms with Crippen LogP contribution in [0.3, 0.4) is 0 Å². The van der Waals surface area contributed by atoms with Gasteiger partial charge in [-0.1, -0.05) is 41.9 Å². The van der Waals surface area contributed by atoms with Gasteiger partial charge in [-0.15, -0.1) is 0 Å². The van der Waals surface area contributed by atoms with Gasteiger partial charge in [0.05, 0.1) is 18.7 Å². The largest absolute Gasteiger partial charge is 0.488 e. The molecule has 1 aromatic carbocycles. The number of carbonyl (C=O) groups is 1. The van der Waals surface area contributed by atoms with Crippen LogP contribution in [-0.4, -0.2) is 48.2 Å². The van der Waals surface area contributed by atoms with Gasteiger partial charge in [0, 0.05) is 18.3 Å². The molecular weight excluding hydrogens is 392 g/mol. The molecule has 0 spiro atoms. The van der Waals surface area contributed by atoms with Gasteiger partial charge in [0.2, 0.25) is 0 Å². The Morgan fingerprint density at radius 1 is 1.28 bits per heavy atom. The summed E-state index contributed by atoms with van der Waals surface area (Å²) >= 11 is 6.02. The van der Waals surface area contributed by atoms with Crippen LogP contribution in [0, 0.1) is 6.92 Å². The molecule has 2 aromatic heterocycles. The van der Waals surface area contributed by atoms with E-state index in [1.165, 1.54) is 0 Å². The number of aryl methyl sites for hydroxylation is 1. The molecule has 3 aromatic rings. The molecule has 29 heavy (non-hydrogen) atoms. The quantitative estimate of drug-likeness (QED) is 0.587. The molecule has 0 aliphatic carbocycles. The average Bonchev–Trinajstić information content (AvgIpc) is 3.15. The van der Waals surface area contributed by atoms with Crippen molar-refractivity contribution in [1.29, 1.82) is 0 Å². The van der Waals surface area contributed by atoms with E-state index in [0.29, 0.717) is 47.7 Å². The maximum absolute atomic E-state index is 13.1. The highest BCUT2D eigenvalue weighted by Gasteiger charge is 2.28. The van der Waals surface area contributed by atoms with E-state index in [2.05, 4.69) is 4.98 Å². The molecular formula is C22H21ClN2O4. The molecule has 0 saturated carbocycles. The zero-order chi connectivity index (χ0) is 20.2. The molecule has 0 radical (unpaired) electrons. The van der Waals surface area contributed by atoms with Crippen LogP contribution in [0.25, 0.3) is 11.3 Å². The molecule has 0 N–H and O–H groups in total. The third-order valence-corrected chi connectivity index (χ3v) is 5.07. The van der Waals surface area contributed by atoms with E-state index in [1.54, 1.807) is 23.2 Å². The first kappa shape index (κ1) is 19.5. The first-order chi connectivity index (χ1) is 14.1. The number of furan rings is 1. The van der Waals surface area contributed by atoms with Crippen LogP contribution in [0.2, 0.25) is 5.15 Å². The Morgan fingerprint density at radius 3 is 2.90 bits per heavy atom. The van der Waals surface area contributed by atoms with Gasteiger partial charge in [-0.2, -0.15) is 0 Å². The summed E-state index contributed by atoms with van der Waals surface area (Å²) in [6.07, 6.45) is 1.36. The molecule has 4 rings (SSSR count). The lowest BCUT2D eigenvalue weighted by molar-refractivity contribution is -0.0401. The predicted molar refractivity (Wildman–Crippen MR) is 109 cm³/mol. The third kappa shape index (κ3) is 4.44. The minimum Gasteiger partial charge on any atom is -0.488 e. The van der Waals surface area contributed by atoms with Gasteiger partial charge < -0.3 is 18.8 Å². The molecule has 1 saturated heterocycles. The molecule has 1 aliphatic rings. The van der Waals surface area contributed by atoms with Crippen LogP contribution in [0.4, 0.5) is 0 Å². The highest BCUT2D eigenvalue weighted by atomic mass is 35.5. The van der Waals surface area contributed by atoms with Crippen LogP contribution < -0.4 is 4.74 Å². The lowest BCUT2D eigenvalue weighted by atomic mass is 10.1. The van der Waals surface area contributed by atoms with E-state index < -0.39 is 0 Å². The summed E-state index contributed by atoms with van der Waals surface area (Å²) in [5, 5.41) is 0.304. The van der Waals surface area contributed by atoms with E-state index in [1.807, 2.05) is 43.3 Å². The number of amides is 1. The van der Waals surface area contributed by atoms with Crippen LogP contribution in [0.15, 0.2) is 59.1 Å². The van der Waals surface area contributed by atoms with Crippen molar-refractivity contribution in [2.24, 2.45) is 0 Å². The number of morpholine rings is 1. The van der Waals surface area contributed by atoms with E-state index >= 15 is 0 Å². The Labute approximate surface area is 174 Å². The zero-order valence-electron chi connectivity index (χ0n) is 16.0. The zero-order valence-corrected chi connectivity index (χ0v) is 16.8. The van der Waals surface area contributed by atoms with Crippen molar-refractivity contribution >= 4 is 17.5 Å². The number of nitrogens with zero attached hydrogens (tertiary/aromatic N) is 2. The van der Waals surface area contributed by atoms with Gasteiger partial charge in [-0.05, 0) is 25.1 Å². The van der Waals surface area contributed by atoms with Crippen molar-refractivity contribution < 1.29 is 18.7 Å². The second-order valence-corrected chi connectivity index (χ2v) is 7.15. The standard InChI is InChI=1S/C22H21ClN2O4/c1-15-18(12-20(29-15)16-6-3-2-4-7-16)22(26)25-10-11-27-17(13-25)14-28-19-8-5-9-24-21(19)23/h2-9,12,17H,10-11,13-14H2,1H3. The second kappa shape index (κ2) is 8.68. The highest BCUT2D eigenvalue weighted by molar-refractivity contribution is 6.30. The van der Waals surface area contributed by atoms with E-state index in [4.69, 9.17) is 25.5 Å². The number of aromatic nitrogens is 1.